The summed E-state index contributed by atoms with van der Waals surface area (Å²) in [5.41, 5.74) is 6.39. The van der Waals surface area contributed by atoms with Crippen LogP contribution in [0.5, 0.6) is 0 Å². The van der Waals surface area contributed by atoms with Crippen LogP contribution in [0.1, 0.15) is 45.0 Å². The molecule has 0 radical (unpaired) electrons. The van der Waals surface area contributed by atoms with Crippen LogP contribution in [0.15, 0.2) is 214 Å². The number of benzene rings is 8. The molecule has 0 unspecified atom stereocenters. The van der Waals surface area contributed by atoms with E-state index in [9.17, 15) is 51.9 Å². The van der Waals surface area contributed by atoms with Crippen molar-refractivity contribution in [2.45, 2.75) is 19.6 Å². The topological polar surface area (TPSA) is 281 Å². The first kappa shape index (κ1) is 50.5. The maximum absolute atomic E-state index is 12.6. The lowest BCUT2D eigenvalue weighted by molar-refractivity contribution is 0.481. The van der Waals surface area contributed by atoms with Crippen LogP contribution in [-0.2, 0) is 40.5 Å². The molecule has 8 bridgehead atoms. The van der Waals surface area contributed by atoms with Crippen LogP contribution in [0.4, 0.5) is 0 Å². The Morgan fingerprint density at radius 1 is 0.225 bits per heavy atom. The van der Waals surface area contributed by atoms with Crippen LogP contribution >= 0.6 is 0 Å². The first-order valence-corrected chi connectivity index (χ1v) is 30.2. The fraction of sp³-hybridized carbons (Fsp3) is 0. The van der Waals surface area contributed by atoms with Gasteiger partial charge in [-0.15, -0.1) is 0 Å². The first-order chi connectivity index (χ1) is 38.2. The number of hydrogen-bond donors (Lipinski definition) is 8. The third-order valence-electron chi connectivity index (χ3n) is 14.6. The number of hydrogen-bond acceptors (Lipinski definition) is 8. The van der Waals surface area contributed by atoms with Gasteiger partial charge in [-0.3, -0.25) is 18.2 Å². The SMILES string of the molecule is O=S(=O)(O)c1ccc(C2=c3[nH]c(c4ccccc34)=C(c3ccc(S(=O)(=O)O)cc3)c3[nH]c(c4ccccc34)C(c3ccc(S(=O)(=O)O)cc3)=c3[nH]c(c4ccccc34)=C(c3ccc(S(=O)(=O)O)cc3)c3[nH]c2c2ccccc32)cc1. The van der Waals surface area contributed by atoms with Gasteiger partial charge in [-0.05, 0) is 70.8 Å². The normalized spacial score (nSPS) is 13.6. The fourth-order valence-electron chi connectivity index (χ4n) is 11.1. The van der Waals surface area contributed by atoms with Crippen molar-refractivity contribution in [1.29, 1.82) is 0 Å². The van der Waals surface area contributed by atoms with E-state index in [4.69, 9.17) is 0 Å². The molecule has 1 aliphatic carbocycles. The lowest BCUT2D eigenvalue weighted by atomic mass is 9.96. The maximum Gasteiger partial charge on any atom is 0.294 e. The number of H-pyrrole nitrogens is 4. The maximum atomic E-state index is 12.6. The molecule has 0 saturated heterocycles. The van der Waals surface area contributed by atoms with Gasteiger partial charge in [0, 0.05) is 65.4 Å². The van der Waals surface area contributed by atoms with E-state index < -0.39 is 40.5 Å². The molecule has 1 aliphatic rings. The monoisotopic (exact) mass is 1140 g/mol. The third-order valence-corrected chi connectivity index (χ3v) is 18.1. The van der Waals surface area contributed by atoms with Gasteiger partial charge in [-0.25, -0.2) is 0 Å². The van der Waals surface area contributed by atoms with Gasteiger partial charge in [0.05, 0.1) is 63.8 Å². The van der Waals surface area contributed by atoms with Crippen LogP contribution in [0.25, 0.3) is 65.4 Å². The van der Waals surface area contributed by atoms with E-state index >= 15 is 0 Å². The van der Waals surface area contributed by atoms with E-state index in [-0.39, 0.29) is 19.6 Å². The highest BCUT2D eigenvalue weighted by Gasteiger charge is 2.27. The summed E-state index contributed by atoms with van der Waals surface area (Å²) >= 11 is 0. The minimum absolute atomic E-state index is 0.341. The summed E-state index contributed by atoms with van der Waals surface area (Å²) in [7, 11) is -18.6. The van der Waals surface area contributed by atoms with Crippen molar-refractivity contribution in [3.05, 3.63) is 261 Å². The van der Waals surface area contributed by atoms with Crippen LogP contribution in [0.3, 0.4) is 0 Å². The molecule has 396 valence electrons. The molecule has 12 aromatic rings. The molecule has 0 amide bonds. The molecule has 0 saturated carbocycles. The molecular weight excluding hydrogens is 1100 g/mol. The Kier molecular flexibility index (Phi) is 11.6. The van der Waals surface area contributed by atoms with Crippen LogP contribution in [0, 0.1) is 0 Å². The van der Waals surface area contributed by atoms with Crippen molar-refractivity contribution >= 4 is 106 Å². The zero-order chi connectivity index (χ0) is 55.6. The van der Waals surface area contributed by atoms with Crippen molar-refractivity contribution in [1.82, 2.24) is 19.9 Å². The summed E-state index contributed by atoms with van der Waals surface area (Å²) in [5, 5.41) is 7.73. The molecule has 0 aliphatic heterocycles. The number of aromatic amines is 4. The molecule has 13 rings (SSSR count). The zero-order valence-corrected chi connectivity index (χ0v) is 44.4. The largest absolute Gasteiger partial charge is 0.353 e. The van der Waals surface area contributed by atoms with Gasteiger partial charge >= 0.3 is 0 Å². The third kappa shape index (κ3) is 8.40. The quantitative estimate of drug-likeness (QED) is 0.0674. The highest BCUT2D eigenvalue weighted by molar-refractivity contribution is 7.86. The summed E-state index contributed by atoms with van der Waals surface area (Å²) in [5.74, 6) is 0. The van der Waals surface area contributed by atoms with Crippen molar-refractivity contribution < 1.29 is 51.9 Å². The summed E-state index contributed by atoms with van der Waals surface area (Å²) in [6.07, 6.45) is 0. The van der Waals surface area contributed by atoms with Crippen molar-refractivity contribution in [2.75, 3.05) is 0 Å². The summed E-state index contributed by atoms with van der Waals surface area (Å²) in [4.78, 5) is 13.9. The minimum atomic E-state index is -4.64. The van der Waals surface area contributed by atoms with Crippen LogP contribution < -0.4 is 21.4 Å². The average Bonchev–Trinajstić information content (AvgIpc) is 4.22. The predicted molar refractivity (Wildman–Crippen MR) is 303 cm³/mol. The van der Waals surface area contributed by atoms with Crippen molar-refractivity contribution in [2.24, 2.45) is 0 Å². The smallest absolute Gasteiger partial charge is 0.294 e. The Bertz CT molecular complexity index is 4710. The molecule has 8 N–H and O–H groups in total. The van der Waals surface area contributed by atoms with Crippen molar-refractivity contribution in [3.8, 4) is 0 Å². The lowest BCUT2D eigenvalue weighted by Gasteiger charge is -2.11. The molecule has 4 heterocycles. The van der Waals surface area contributed by atoms with Crippen LogP contribution in [0.2, 0.25) is 0 Å². The second-order valence-corrected chi connectivity index (χ2v) is 24.9. The van der Waals surface area contributed by atoms with E-state index in [1.807, 2.05) is 97.1 Å². The Morgan fingerprint density at radius 3 is 0.575 bits per heavy atom. The van der Waals surface area contributed by atoms with Gasteiger partial charge in [0.2, 0.25) is 0 Å². The molecule has 16 nitrogen and oxygen atoms in total. The lowest BCUT2D eigenvalue weighted by Crippen LogP contribution is -2.19. The van der Waals surface area contributed by atoms with E-state index in [1.165, 1.54) is 48.5 Å². The fourth-order valence-corrected chi connectivity index (χ4v) is 13.0. The molecule has 0 spiro atoms. The first-order valence-electron chi connectivity index (χ1n) is 24.5. The highest BCUT2D eigenvalue weighted by Crippen LogP contribution is 2.39. The molecule has 0 fully saturated rings. The molecule has 8 aromatic carbocycles. The Labute approximate surface area is 455 Å². The molecular formula is C60H40N4O12S4. The number of aromatic nitrogens is 4. The van der Waals surface area contributed by atoms with Crippen molar-refractivity contribution in [3.63, 3.8) is 0 Å². The number of rotatable bonds is 8. The molecule has 0 atom stereocenters. The van der Waals surface area contributed by atoms with Gasteiger partial charge in [0.25, 0.3) is 40.5 Å². The second kappa shape index (κ2) is 18.3. The van der Waals surface area contributed by atoms with E-state index in [1.54, 1.807) is 48.5 Å². The van der Waals surface area contributed by atoms with E-state index in [2.05, 4.69) is 19.9 Å². The Hall–Kier alpha value is -8.96. The van der Waals surface area contributed by atoms with E-state index in [0.717, 1.165) is 0 Å². The van der Waals surface area contributed by atoms with Gasteiger partial charge in [0.1, 0.15) is 0 Å². The minimum Gasteiger partial charge on any atom is -0.353 e. The standard InChI is InChI=1S/C60H40N4O12S4/c65-77(66,67)37-25-17-33(18-26-37)49-53-41-9-1-2-10-42(41)54(61-53)50(34-19-27-38(28-20-34)78(68,69)70)56-45-13-5-6-14-46(45)58(63-56)52(36-23-31-40(32-24-36)80(74,75)76)60-48-16-8-7-15-47(48)59(64-60)51(35-21-29-39(30-22-35)79(71,72)73)57-44-12-4-3-11-43(44)55(49)62-57/h1-32,61-64H,(H,65,66,67)(H,68,69,70)(H,71,72,73)(H,74,75,76). The van der Waals surface area contributed by atoms with Gasteiger partial charge < -0.3 is 19.9 Å². The number of nitrogens with one attached hydrogen (secondary N) is 4. The van der Waals surface area contributed by atoms with Gasteiger partial charge in [-0.2, -0.15) is 33.7 Å². The zero-order valence-electron chi connectivity index (χ0n) is 41.2. The highest BCUT2D eigenvalue weighted by atomic mass is 32.2. The molecule has 4 aromatic heterocycles. The summed E-state index contributed by atoms with van der Waals surface area (Å²) < 4.78 is 141. The Morgan fingerprint density at radius 2 is 0.400 bits per heavy atom. The second-order valence-electron chi connectivity index (χ2n) is 19.2. The average molecular weight is 1140 g/mol. The summed E-state index contributed by atoms with van der Waals surface area (Å²) in [6.45, 7) is 0. The Balaban J connectivity index is 1.33. The molecule has 20 heteroatoms. The van der Waals surface area contributed by atoms with Gasteiger partial charge in [0.15, 0.2) is 0 Å². The van der Waals surface area contributed by atoms with Crippen LogP contribution in [-0.4, -0.2) is 71.8 Å². The molecule has 80 heavy (non-hydrogen) atoms. The summed E-state index contributed by atoms with van der Waals surface area (Å²) in [6, 6.07) is 53.6. The van der Waals surface area contributed by atoms with E-state index in [0.29, 0.717) is 132 Å². The van der Waals surface area contributed by atoms with Gasteiger partial charge in [-0.1, -0.05) is 146 Å². The predicted octanol–water partition coefficient (Wildman–Crippen LogP) is 7.90.